The number of ether oxygens (including phenoxy) is 1. The van der Waals surface area contributed by atoms with Gasteiger partial charge in [0.15, 0.2) is 0 Å². The number of halogens is 1. The molecule has 1 N–H and O–H groups in total. The van der Waals surface area contributed by atoms with Gasteiger partial charge in [0.25, 0.3) is 5.91 Å². The molecule has 1 aliphatic rings. The van der Waals surface area contributed by atoms with E-state index >= 15 is 0 Å². The molecule has 1 aromatic carbocycles. The van der Waals surface area contributed by atoms with Crippen molar-refractivity contribution in [1.82, 2.24) is 5.32 Å². The van der Waals surface area contributed by atoms with Gasteiger partial charge in [-0.1, -0.05) is 6.92 Å². The molecule has 0 spiro atoms. The molecule has 1 aromatic rings. The van der Waals surface area contributed by atoms with Crippen LogP contribution in [0.5, 0.6) is 5.75 Å². The van der Waals surface area contributed by atoms with Crippen LogP contribution in [0.25, 0.3) is 0 Å². The summed E-state index contributed by atoms with van der Waals surface area (Å²) in [4.78, 5) is 12.2. The van der Waals surface area contributed by atoms with Crippen LogP contribution in [-0.2, 0) is 0 Å². The molecule has 1 amide bonds. The van der Waals surface area contributed by atoms with Crippen LogP contribution in [0.4, 0.5) is 0 Å². The van der Waals surface area contributed by atoms with Crippen LogP contribution in [0.15, 0.2) is 22.7 Å². The van der Waals surface area contributed by atoms with Gasteiger partial charge in [0, 0.05) is 11.6 Å². The standard InChI is InChI=1S/C15H20BrNO2/c1-10-3-6-12(7-4-10)17-15(18)11-5-8-14(19-2)13(16)9-11/h5,8-10,12H,3-4,6-7H2,1-2H3,(H,17,18). The molecular formula is C15H20BrNO2. The van der Waals surface area contributed by atoms with Crippen molar-refractivity contribution in [1.29, 1.82) is 0 Å². The van der Waals surface area contributed by atoms with Gasteiger partial charge in [-0.05, 0) is 65.7 Å². The maximum atomic E-state index is 12.2. The summed E-state index contributed by atoms with van der Waals surface area (Å²) < 4.78 is 5.97. The predicted octanol–water partition coefficient (Wildman–Crippen LogP) is 3.77. The molecule has 0 aromatic heterocycles. The predicted molar refractivity (Wildman–Crippen MR) is 79.6 cm³/mol. The van der Waals surface area contributed by atoms with Gasteiger partial charge in [-0.2, -0.15) is 0 Å². The summed E-state index contributed by atoms with van der Waals surface area (Å²) in [7, 11) is 1.61. The van der Waals surface area contributed by atoms with E-state index in [0.29, 0.717) is 11.6 Å². The highest BCUT2D eigenvalue weighted by atomic mass is 79.9. The minimum Gasteiger partial charge on any atom is -0.496 e. The fourth-order valence-electron chi connectivity index (χ4n) is 2.48. The van der Waals surface area contributed by atoms with Gasteiger partial charge < -0.3 is 10.1 Å². The minimum absolute atomic E-state index is 0.00269. The summed E-state index contributed by atoms with van der Waals surface area (Å²) in [6, 6.07) is 5.73. The van der Waals surface area contributed by atoms with E-state index < -0.39 is 0 Å². The molecule has 4 heteroatoms. The fourth-order valence-corrected chi connectivity index (χ4v) is 3.02. The zero-order chi connectivity index (χ0) is 13.8. The highest BCUT2D eigenvalue weighted by molar-refractivity contribution is 9.10. The first-order valence-electron chi connectivity index (χ1n) is 6.74. The van der Waals surface area contributed by atoms with Crippen LogP contribution in [0.3, 0.4) is 0 Å². The van der Waals surface area contributed by atoms with Gasteiger partial charge in [-0.3, -0.25) is 4.79 Å². The lowest BCUT2D eigenvalue weighted by Gasteiger charge is -2.26. The van der Waals surface area contributed by atoms with E-state index in [0.717, 1.165) is 29.0 Å². The molecule has 0 bridgehead atoms. The van der Waals surface area contributed by atoms with E-state index in [1.165, 1.54) is 12.8 Å². The number of carbonyl (C=O) groups excluding carboxylic acids is 1. The number of hydrogen-bond acceptors (Lipinski definition) is 2. The Balaban J connectivity index is 1.98. The topological polar surface area (TPSA) is 38.3 Å². The Morgan fingerprint density at radius 2 is 2.00 bits per heavy atom. The molecule has 0 atom stereocenters. The second-order valence-electron chi connectivity index (χ2n) is 5.28. The van der Waals surface area contributed by atoms with Gasteiger partial charge in [-0.15, -0.1) is 0 Å². The number of hydrogen-bond donors (Lipinski definition) is 1. The van der Waals surface area contributed by atoms with Crippen molar-refractivity contribution in [2.75, 3.05) is 7.11 Å². The number of benzene rings is 1. The van der Waals surface area contributed by atoms with Crippen molar-refractivity contribution >= 4 is 21.8 Å². The molecule has 0 radical (unpaired) electrons. The van der Waals surface area contributed by atoms with Crippen LogP contribution in [0.2, 0.25) is 0 Å². The van der Waals surface area contributed by atoms with Crippen LogP contribution >= 0.6 is 15.9 Å². The summed E-state index contributed by atoms with van der Waals surface area (Å²) in [5, 5.41) is 3.12. The minimum atomic E-state index is 0.00269. The van der Waals surface area contributed by atoms with Crippen molar-refractivity contribution in [2.45, 2.75) is 38.6 Å². The van der Waals surface area contributed by atoms with Crippen molar-refractivity contribution in [3.05, 3.63) is 28.2 Å². The zero-order valence-electron chi connectivity index (χ0n) is 11.4. The molecule has 19 heavy (non-hydrogen) atoms. The second-order valence-corrected chi connectivity index (χ2v) is 6.13. The van der Waals surface area contributed by atoms with Crippen LogP contribution in [0.1, 0.15) is 43.0 Å². The first kappa shape index (κ1) is 14.4. The summed E-state index contributed by atoms with van der Waals surface area (Å²) in [5.74, 6) is 1.54. The van der Waals surface area contributed by atoms with Crippen molar-refractivity contribution in [2.24, 2.45) is 5.92 Å². The Labute approximate surface area is 122 Å². The maximum Gasteiger partial charge on any atom is 0.251 e. The SMILES string of the molecule is COc1ccc(C(=O)NC2CCC(C)CC2)cc1Br. The monoisotopic (exact) mass is 325 g/mol. The number of nitrogens with one attached hydrogen (secondary N) is 1. The van der Waals surface area contributed by atoms with E-state index in [9.17, 15) is 4.79 Å². The van der Waals surface area contributed by atoms with Crippen molar-refractivity contribution < 1.29 is 9.53 Å². The molecule has 0 unspecified atom stereocenters. The second kappa shape index (κ2) is 6.42. The van der Waals surface area contributed by atoms with E-state index in [-0.39, 0.29) is 5.91 Å². The first-order valence-corrected chi connectivity index (χ1v) is 7.54. The number of amides is 1. The molecule has 0 aliphatic heterocycles. The van der Waals surface area contributed by atoms with Crippen LogP contribution in [-0.4, -0.2) is 19.1 Å². The Morgan fingerprint density at radius 3 is 2.58 bits per heavy atom. The number of methoxy groups -OCH3 is 1. The molecule has 1 aliphatic carbocycles. The van der Waals surface area contributed by atoms with Gasteiger partial charge >= 0.3 is 0 Å². The largest absolute Gasteiger partial charge is 0.496 e. The Bertz CT molecular complexity index is 453. The average molecular weight is 326 g/mol. The summed E-state index contributed by atoms with van der Waals surface area (Å²) >= 11 is 3.40. The lowest BCUT2D eigenvalue weighted by molar-refractivity contribution is 0.0923. The van der Waals surface area contributed by atoms with Gasteiger partial charge in [0.1, 0.15) is 5.75 Å². The highest BCUT2D eigenvalue weighted by Crippen LogP contribution is 2.26. The third-order valence-electron chi connectivity index (χ3n) is 3.77. The molecule has 3 nitrogen and oxygen atoms in total. The average Bonchev–Trinajstić information content (AvgIpc) is 2.41. The van der Waals surface area contributed by atoms with Crippen LogP contribution < -0.4 is 10.1 Å². The molecule has 0 saturated heterocycles. The molecular weight excluding hydrogens is 306 g/mol. The lowest BCUT2D eigenvalue weighted by Crippen LogP contribution is -2.37. The third kappa shape index (κ3) is 3.72. The quantitative estimate of drug-likeness (QED) is 0.918. The normalized spacial score (nSPS) is 22.9. The Morgan fingerprint density at radius 1 is 1.32 bits per heavy atom. The highest BCUT2D eigenvalue weighted by Gasteiger charge is 2.20. The number of rotatable bonds is 3. The summed E-state index contributed by atoms with van der Waals surface area (Å²) in [6.07, 6.45) is 4.59. The fraction of sp³-hybridized carbons (Fsp3) is 0.533. The van der Waals surface area contributed by atoms with Crippen molar-refractivity contribution in [3.8, 4) is 5.75 Å². The Hall–Kier alpha value is -1.03. The van der Waals surface area contributed by atoms with E-state index in [2.05, 4.69) is 28.2 Å². The maximum absolute atomic E-state index is 12.2. The smallest absolute Gasteiger partial charge is 0.251 e. The van der Waals surface area contributed by atoms with E-state index in [1.54, 1.807) is 19.2 Å². The van der Waals surface area contributed by atoms with Gasteiger partial charge in [0.05, 0.1) is 11.6 Å². The molecule has 104 valence electrons. The molecule has 0 heterocycles. The molecule has 1 fully saturated rings. The summed E-state index contributed by atoms with van der Waals surface area (Å²) in [6.45, 7) is 2.28. The molecule has 1 saturated carbocycles. The first-order chi connectivity index (χ1) is 9.10. The van der Waals surface area contributed by atoms with Crippen molar-refractivity contribution in [3.63, 3.8) is 0 Å². The van der Waals surface area contributed by atoms with Crippen LogP contribution in [0, 0.1) is 5.92 Å². The van der Waals surface area contributed by atoms with E-state index in [4.69, 9.17) is 4.74 Å². The molecule has 2 rings (SSSR count). The van der Waals surface area contributed by atoms with Gasteiger partial charge in [-0.25, -0.2) is 0 Å². The third-order valence-corrected chi connectivity index (χ3v) is 4.38. The number of carbonyl (C=O) groups is 1. The zero-order valence-corrected chi connectivity index (χ0v) is 13.0. The lowest BCUT2D eigenvalue weighted by atomic mass is 9.87. The van der Waals surface area contributed by atoms with E-state index in [1.807, 2.05) is 6.07 Å². The van der Waals surface area contributed by atoms with Gasteiger partial charge in [0.2, 0.25) is 0 Å². The Kier molecular flexibility index (Phi) is 4.86. The summed E-state index contributed by atoms with van der Waals surface area (Å²) in [5.41, 5.74) is 0.672.